The number of anilines is 2. The molecule has 0 fully saturated rings. The summed E-state index contributed by atoms with van der Waals surface area (Å²) in [4.78, 5) is 24.3. The van der Waals surface area contributed by atoms with Gasteiger partial charge < -0.3 is 9.64 Å². The van der Waals surface area contributed by atoms with Gasteiger partial charge >= 0.3 is 6.09 Å². The second kappa shape index (κ2) is 7.77. The summed E-state index contributed by atoms with van der Waals surface area (Å²) < 4.78 is 33.6. The van der Waals surface area contributed by atoms with E-state index < -0.39 is 17.7 Å². The number of hydrogen-bond donors (Lipinski definition) is 1. The summed E-state index contributed by atoms with van der Waals surface area (Å²) in [6.45, 7) is 0.234. The van der Waals surface area contributed by atoms with Crippen molar-refractivity contribution in [1.82, 2.24) is 0 Å². The van der Waals surface area contributed by atoms with Gasteiger partial charge in [-0.05, 0) is 23.8 Å². The Morgan fingerprint density at radius 2 is 1.85 bits per heavy atom. The first-order valence-electron chi connectivity index (χ1n) is 7.97. The lowest BCUT2D eigenvalue weighted by Gasteiger charge is -2.24. The molecule has 0 spiro atoms. The molecular formula is C19H16F2N2O3. The normalized spacial score (nSPS) is 13.6. The van der Waals surface area contributed by atoms with E-state index in [9.17, 15) is 18.4 Å². The van der Waals surface area contributed by atoms with Gasteiger partial charge in [-0.2, -0.15) is 0 Å². The van der Waals surface area contributed by atoms with Crippen LogP contribution >= 0.6 is 0 Å². The third-order valence-electron chi connectivity index (χ3n) is 3.80. The first-order valence-corrected chi connectivity index (χ1v) is 7.97. The van der Waals surface area contributed by atoms with Crippen molar-refractivity contribution in [2.45, 2.75) is 13.0 Å². The van der Waals surface area contributed by atoms with Crippen LogP contribution in [-0.2, 0) is 16.1 Å². The highest BCUT2D eigenvalue weighted by Gasteiger charge is 2.20. The number of halogens is 2. The standard InChI is InChI=1S/C19H16F2N2O3/c20-16-10-14(22-19(25)26-12-13-4-2-1-3-5-13)11-17(21)18(16)23-8-6-15(24)7-9-23/h1-6,8,10-11H,7,9,12H2,(H,22,25). The molecule has 3 rings (SSSR count). The Hall–Kier alpha value is -3.22. The molecule has 1 heterocycles. The minimum Gasteiger partial charge on any atom is -0.444 e. The molecule has 0 saturated carbocycles. The number of carbonyl (C=O) groups is 2. The molecule has 0 saturated heterocycles. The average Bonchev–Trinajstić information content (AvgIpc) is 2.62. The smallest absolute Gasteiger partial charge is 0.411 e. The van der Waals surface area contributed by atoms with Gasteiger partial charge in [-0.3, -0.25) is 10.1 Å². The van der Waals surface area contributed by atoms with Gasteiger partial charge in [0.2, 0.25) is 0 Å². The molecule has 1 aliphatic heterocycles. The summed E-state index contributed by atoms with van der Waals surface area (Å²) in [5.74, 6) is -1.79. The summed E-state index contributed by atoms with van der Waals surface area (Å²) in [6, 6.07) is 11.0. The first kappa shape index (κ1) is 17.6. The number of allylic oxidation sites excluding steroid dienone is 1. The van der Waals surface area contributed by atoms with Gasteiger partial charge in [0.15, 0.2) is 17.4 Å². The Morgan fingerprint density at radius 1 is 1.15 bits per heavy atom. The van der Waals surface area contributed by atoms with Crippen LogP contribution in [-0.4, -0.2) is 18.4 Å². The zero-order valence-electron chi connectivity index (χ0n) is 13.7. The number of ketones is 1. The summed E-state index contributed by atoms with van der Waals surface area (Å²) in [5, 5.41) is 2.30. The van der Waals surface area contributed by atoms with E-state index in [4.69, 9.17) is 4.74 Å². The van der Waals surface area contributed by atoms with Crippen LogP contribution < -0.4 is 10.2 Å². The van der Waals surface area contributed by atoms with E-state index in [1.54, 1.807) is 12.1 Å². The van der Waals surface area contributed by atoms with E-state index in [2.05, 4.69) is 5.32 Å². The van der Waals surface area contributed by atoms with Gasteiger partial charge in [-0.25, -0.2) is 13.6 Å². The topological polar surface area (TPSA) is 58.6 Å². The van der Waals surface area contributed by atoms with Gasteiger partial charge in [-0.15, -0.1) is 0 Å². The number of amides is 1. The van der Waals surface area contributed by atoms with Crippen molar-refractivity contribution in [1.29, 1.82) is 0 Å². The van der Waals surface area contributed by atoms with Crippen LogP contribution in [0.25, 0.3) is 0 Å². The molecule has 134 valence electrons. The van der Waals surface area contributed by atoms with Gasteiger partial charge in [0, 0.05) is 24.9 Å². The molecule has 0 radical (unpaired) electrons. The molecule has 0 bridgehead atoms. The average molecular weight is 358 g/mol. The molecule has 26 heavy (non-hydrogen) atoms. The zero-order chi connectivity index (χ0) is 18.5. The summed E-state index contributed by atoms with van der Waals surface area (Å²) >= 11 is 0. The quantitative estimate of drug-likeness (QED) is 0.897. The fourth-order valence-electron chi connectivity index (χ4n) is 2.54. The van der Waals surface area contributed by atoms with E-state index in [0.717, 1.165) is 17.7 Å². The Balaban J connectivity index is 1.66. The largest absolute Gasteiger partial charge is 0.444 e. The van der Waals surface area contributed by atoms with Crippen LogP contribution in [0.2, 0.25) is 0 Å². The van der Waals surface area contributed by atoms with Crippen molar-refractivity contribution in [3.8, 4) is 0 Å². The third kappa shape index (κ3) is 4.24. The van der Waals surface area contributed by atoms with Crippen molar-refractivity contribution < 1.29 is 23.1 Å². The maximum Gasteiger partial charge on any atom is 0.411 e. The number of carbonyl (C=O) groups excluding carboxylic acids is 2. The van der Waals surface area contributed by atoms with E-state index in [0.29, 0.717) is 0 Å². The van der Waals surface area contributed by atoms with Crippen LogP contribution in [0.15, 0.2) is 54.7 Å². The van der Waals surface area contributed by atoms with Crippen molar-refractivity contribution >= 4 is 23.3 Å². The fourth-order valence-corrected chi connectivity index (χ4v) is 2.54. The van der Waals surface area contributed by atoms with Crippen molar-refractivity contribution in [3.05, 3.63) is 71.9 Å². The fraction of sp³-hybridized carbons (Fsp3) is 0.158. The minimum atomic E-state index is -0.845. The van der Waals surface area contributed by atoms with E-state index in [1.807, 2.05) is 18.2 Å². The van der Waals surface area contributed by atoms with Gasteiger partial charge in [0.25, 0.3) is 0 Å². The van der Waals surface area contributed by atoms with E-state index in [1.165, 1.54) is 17.2 Å². The molecule has 0 aliphatic carbocycles. The summed E-state index contributed by atoms with van der Waals surface area (Å²) in [7, 11) is 0. The summed E-state index contributed by atoms with van der Waals surface area (Å²) in [5.41, 5.74) is 0.470. The van der Waals surface area contributed by atoms with Crippen molar-refractivity contribution in [2.24, 2.45) is 0 Å². The molecule has 0 atom stereocenters. The highest BCUT2D eigenvalue weighted by Crippen LogP contribution is 2.28. The predicted molar refractivity (Wildman–Crippen MR) is 92.7 cm³/mol. The van der Waals surface area contributed by atoms with Crippen LogP contribution in [0.3, 0.4) is 0 Å². The second-order valence-corrected chi connectivity index (χ2v) is 5.70. The molecule has 2 aromatic carbocycles. The highest BCUT2D eigenvalue weighted by molar-refractivity contribution is 5.92. The van der Waals surface area contributed by atoms with Gasteiger partial charge in [0.1, 0.15) is 12.3 Å². The number of hydrogen-bond acceptors (Lipinski definition) is 4. The van der Waals surface area contributed by atoms with Crippen LogP contribution in [0.1, 0.15) is 12.0 Å². The predicted octanol–water partition coefficient (Wildman–Crippen LogP) is 4.01. The Bertz CT molecular complexity index is 830. The molecule has 2 aromatic rings. The van der Waals surface area contributed by atoms with Crippen molar-refractivity contribution in [3.63, 3.8) is 0 Å². The minimum absolute atomic E-state index is 0.0440. The number of nitrogens with one attached hydrogen (secondary N) is 1. The monoisotopic (exact) mass is 358 g/mol. The molecule has 1 amide bonds. The molecule has 1 N–H and O–H groups in total. The number of benzene rings is 2. The maximum absolute atomic E-state index is 14.3. The van der Waals surface area contributed by atoms with E-state index >= 15 is 0 Å². The number of ether oxygens (including phenoxy) is 1. The molecule has 1 aliphatic rings. The SMILES string of the molecule is O=C1C=CN(c2c(F)cc(NC(=O)OCc3ccccc3)cc2F)CC1. The maximum atomic E-state index is 14.3. The first-order chi connectivity index (χ1) is 12.5. The Kier molecular flexibility index (Phi) is 5.26. The Labute approximate surface area is 148 Å². The van der Waals surface area contributed by atoms with Crippen LogP contribution in [0, 0.1) is 11.6 Å². The van der Waals surface area contributed by atoms with Gasteiger partial charge in [-0.1, -0.05) is 30.3 Å². The van der Waals surface area contributed by atoms with Crippen molar-refractivity contribution in [2.75, 3.05) is 16.8 Å². The lowest BCUT2D eigenvalue weighted by atomic mass is 10.1. The Morgan fingerprint density at radius 3 is 2.46 bits per heavy atom. The van der Waals surface area contributed by atoms with Crippen LogP contribution in [0.5, 0.6) is 0 Å². The molecule has 0 aromatic heterocycles. The van der Waals surface area contributed by atoms with E-state index in [-0.39, 0.29) is 36.7 Å². The lowest BCUT2D eigenvalue weighted by molar-refractivity contribution is -0.114. The number of rotatable bonds is 4. The molecule has 5 nitrogen and oxygen atoms in total. The zero-order valence-corrected chi connectivity index (χ0v) is 13.7. The highest BCUT2D eigenvalue weighted by atomic mass is 19.1. The van der Waals surface area contributed by atoms with Crippen LogP contribution in [0.4, 0.5) is 25.0 Å². The number of nitrogens with zero attached hydrogens (tertiary/aromatic N) is 1. The molecular weight excluding hydrogens is 342 g/mol. The summed E-state index contributed by atoms with van der Waals surface area (Å²) in [6.07, 6.45) is 1.98. The molecule has 7 heteroatoms. The van der Waals surface area contributed by atoms with Gasteiger partial charge in [0.05, 0.1) is 0 Å². The third-order valence-corrected chi connectivity index (χ3v) is 3.80. The lowest BCUT2D eigenvalue weighted by Crippen LogP contribution is -2.26. The molecule has 0 unspecified atom stereocenters. The second-order valence-electron chi connectivity index (χ2n) is 5.70.